The van der Waals surface area contributed by atoms with Crippen molar-refractivity contribution in [2.45, 2.75) is 13.3 Å². The maximum absolute atomic E-state index is 8.42. The molecule has 0 radical (unpaired) electrons. The molecule has 0 rings (SSSR count). The molecule has 5 heteroatoms. The first kappa shape index (κ1) is 13.1. The molecule has 0 saturated carbocycles. The van der Waals surface area contributed by atoms with Crippen molar-refractivity contribution in [3.63, 3.8) is 0 Å². The third-order valence-electron chi connectivity index (χ3n) is 2.00. The summed E-state index contributed by atoms with van der Waals surface area (Å²) in [6.07, 6.45) is 4.73. The van der Waals surface area contributed by atoms with Crippen LogP contribution in [0.3, 0.4) is 0 Å². The van der Waals surface area contributed by atoms with Gasteiger partial charge in [0.15, 0.2) is 0 Å². The van der Waals surface area contributed by atoms with E-state index in [2.05, 4.69) is 29.9 Å². The van der Waals surface area contributed by atoms with Crippen molar-refractivity contribution in [1.29, 1.82) is 5.26 Å². The third-order valence-corrected chi connectivity index (χ3v) is 4.09. The molecule has 0 aromatic heterocycles. The fourth-order valence-electron chi connectivity index (χ4n) is 0.720. The molecular weight excluding hydrogens is 196 g/mol. The monoisotopic (exact) mass is 216 g/mol. The Morgan fingerprint density at radius 3 is 2.57 bits per heavy atom. The van der Waals surface area contributed by atoms with Gasteiger partial charge in [-0.15, -0.1) is 10.2 Å². The van der Waals surface area contributed by atoms with Crippen LogP contribution < -0.4 is 5.73 Å². The van der Waals surface area contributed by atoms with E-state index in [0.717, 1.165) is 5.75 Å². The second-order valence-corrected chi connectivity index (χ2v) is 7.27. The summed E-state index contributed by atoms with van der Waals surface area (Å²) in [6.45, 7) is 2.76. The van der Waals surface area contributed by atoms with Crippen molar-refractivity contribution >= 4 is 16.2 Å². The molecule has 82 valence electrons. The van der Waals surface area contributed by atoms with Gasteiger partial charge < -0.3 is 10.6 Å². The van der Waals surface area contributed by atoms with E-state index in [9.17, 15) is 0 Å². The zero-order valence-electron chi connectivity index (χ0n) is 9.45. The van der Waals surface area contributed by atoms with Gasteiger partial charge in [0.1, 0.15) is 0 Å². The summed E-state index contributed by atoms with van der Waals surface area (Å²) in [5.41, 5.74) is 5.81. The molecule has 0 aliphatic heterocycles. The Morgan fingerprint density at radius 2 is 2.14 bits per heavy atom. The normalized spacial score (nSPS) is 13.5. The van der Waals surface area contributed by atoms with Crippen molar-refractivity contribution in [1.82, 2.24) is 4.90 Å². The van der Waals surface area contributed by atoms with Gasteiger partial charge in [0.25, 0.3) is 0 Å². The van der Waals surface area contributed by atoms with Crippen LogP contribution >= 0.6 is 10.2 Å². The van der Waals surface area contributed by atoms with E-state index in [0.29, 0.717) is 18.9 Å². The van der Waals surface area contributed by atoms with Crippen molar-refractivity contribution in [2.24, 2.45) is 10.1 Å². The summed E-state index contributed by atoms with van der Waals surface area (Å²) in [4.78, 5) is 1.83. The summed E-state index contributed by atoms with van der Waals surface area (Å²) >= 11 is 0. The topological polar surface area (TPSA) is 65.4 Å². The zero-order chi connectivity index (χ0) is 11.2. The maximum atomic E-state index is 8.42. The lowest BCUT2D eigenvalue weighted by Gasteiger charge is -2.27. The Labute approximate surface area is 88.2 Å². The summed E-state index contributed by atoms with van der Waals surface area (Å²) in [7, 11) is 0.912. The Balaban J connectivity index is 4.30. The number of nitrogens with two attached hydrogens (primary N) is 1. The van der Waals surface area contributed by atoms with Gasteiger partial charge in [-0.3, -0.25) is 0 Å². The third kappa shape index (κ3) is 4.97. The number of hydrogen-bond donors (Lipinski definition) is 1. The van der Waals surface area contributed by atoms with E-state index < -0.39 is 10.2 Å². The molecule has 0 unspecified atom stereocenters. The minimum atomic E-state index is -0.950. The van der Waals surface area contributed by atoms with Crippen LogP contribution in [-0.4, -0.2) is 42.7 Å². The van der Waals surface area contributed by atoms with Gasteiger partial charge in [0.05, 0.1) is 12.5 Å². The fourth-order valence-corrected chi connectivity index (χ4v) is 1.49. The van der Waals surface area contributed by atoms with Crippen LogP contribution in [-0.2, 0) is 0 Å². The highest BCUT2D eigenvalue weighted by Gasteiger charge is 2.09. The zero-order valence-corrected chi connectivity index (χ0v) is 10.3. The highest BCUT2D eigenvalue weighted by molar-refractivity contribution is 8.31. The molecule has 0 amide bonds. The van der Waals surface area contributed by atoms with E-state index in [1.165, 1.54) is 0 Å². The SMILES string of the molecule is CCS(C)(C)N=C(N)N(C)CCC#N. The predicted octanol–water partition coefficient (Wildman–Crippen LogP) is 1.15. The molecule has 0 aromatic carbocycles. The van der Waals surface area contributed by atoms with Gasteiger partial charge in [0, 0.05) is 13.6 Å². The van der Waals surface area contributed by atoms with Gasteiger partial charge in [-0.2, -0.15) is 5.26 Å². The van der Waals surface area contributed by atoms with E-state index in [4.69, 9.17) is 11.0 Å². The van der Waals surface area contributed by atoms with Gasteiger partial charge in [0.2, 0.25) is 5.96 Å². The molecule has 0 spiro atoms. The lowest BCUT2D eigenvalue weighted by atomic mass is 10.4. The molecule has 14 heavy (non-hydrogen) atoms. The molecule has 0 saturated heterocycles. The van der Waals surface area contributed by atoms with Crippen molar-refractivity contribution < 1.29 is 0 Å². The average Bonchev–Trinajstić information content (AvgIpc) is 2.13. The summed E-state index contributed by atoms with van der Waals surface area (Å²) in [6, 6.07) is 2.08. The van der Waals surface area contributed by atoms with Crippen molar-refractivity contribution in [3.05, 3.63) is 0 Å². The largest absolute Gasteiger partial charge is 0.369 e. The van der Waals surface area contributed by atoms with Crippen LogP contribution in [0.5, 0.6) is 0 Å². The maximum Gasteiger partial charge on any atom is 0.201 e. The summed E-state index contributed by atoms with van der Waals surface area (Å²) in [5.74, 6) is 1.57. The fraction of sp³-hybridized carbons (Fsp3) is 0.778. The van der Waals surface area contributed by atoms with Crippen LogP contribution in [0.2, 0.25) is 0 Å². The van der Waals surface area contributed by atoms with Crippen molar-refractivity contribution in [3.8, 4) is 6.07 Å². The molecule has 0 aromatic rings. The first-order chi connectivity index (χ1) is 6.43. The average molecular weight is 216 g/mol. The Morgan fingerprint density at radius 1 is 1.57 bits per heavy atom. The van der Waals surface area contributed by atoms with Crippen LogP contribution in [0.15, 0.2) is 4.40 Å². The number of nitriles is 1. The predicted molar refractivity (Wildman–Crippen MR) is 64.5 cm³/mol. The smallest absolute Gasteiger partial charge is 0.201 e. The molecule has 0 atom stereocenters. The Hall–Kier alpha value is -0.890. The molecule has 2 N–H and O–H groups in total. The Kier molecular flexibility index (Phi) is 5.39. The van der Waals surface area contributed by atoms with E-state index in [-0.39, 0.29) is 0 Å². The van der Waals surface area contributed by atoms with E-state index >= 15 is 0 Å². The highest BCUT2D eigenvalue weighted by atomic mass is 32.3. The minimum Gasteiger partial charge on any atom is -0.369 e. The number of rotatable bonds is 4. The van der Waals surface area contributed by atoms with Crippen LogP contribution in [0.4, 0.5) is 0 Å². The quantitative estimate of drug-likeness (QED) is 0.566. The van der Waals surface area contributed by atoms with Gasteiger partial charge in [-0.25, -0.2) is 4.40 Å². The number of nitrogens with zero attached hydrogens (tertiary/aromatic N) is 3. The van der Waals surface area contributed by atoms with Crippen LogP contribution in [0.25, 0.3) is 0 Å². The standard InChI is InChI=1S/C9H20N4S/c1-5-14(3,4)12-9(11)13(2)8-6-7-10/h5-6,8H2,1-4H3,(H2,11,12). The molecule has 4 nitrogen and oxygen atoms in total. The van der Waals surface area contributed by atoms with Crippen molar-refractivity contribution in [2.75, 3.05) is 31.9 Å². The van der Waals surface area contributed by atoms with E-state index in [1.807, 2.05) is 11.9 Å². The van der Waals surface area contributed by atoms with Crippen LogP contribution in [0, 0.1) is 11.3 Å². The van der Waals surface area contributed by atoms with Gasteiger partial charge >= 0.3 is 0 Å². The highest BCUT2D eigenvalue weighted by Crippen LogP contribution is 2.40. The molecule has 0 fully saturated rings. The minimum absolute atomic E-state index is 0.481. The summed E-state index contributed by atoms with van der Waals surface area (Å²) in [5, 5.41) is 8.42. The summed E-state index contributed by atoms with van der Waals surface area (Å²) < 4.78 is 4.47. The molecule has 0 heterocycles. The number of hydrogen-bond acceptors (Lipinski definition) is 2. The second kappa shape index (κ2) is 5.76. The molecule has 0 aliphatic rings. The first-order valence-electron chi connectivity index (χ1n) is 4.57. The lowest BCUT2D eigenvalue weighted by molar-refractivity contribution is 0.511. The van der Waals surface area contributed by atoms with Gasteiger partial charge in [-0.05, 0) is 18.3 Å². The second-order valence-electron chi connectivity index (χ2n) is 3.55. The molecule has 0 aliphatic carbocycles. The lowest BCUT2D eigenvalue weighted by Crippen LogP contribution is -2.35. The first-order valence-corrected chi connectivity index (χ1v) is 7.15. The van der Waals surface area contributed by atoms with E-state index in [1.54, 1.807) is 0 Å². The van der Waals surface area contributed by atoms with Gasteiger partial charge in [-0.1, -0.05) is 6.92 Å². The molecule has 0 bridgehead atoms. The number of guanidine groups is 1. The Bertz CT molecular complexity index is 242. The molecular formula is C9H20N4S. The van der Waals surface area contributed by atoms with Crippen LogP contribution in [0.1, 0.15) is 13.3 Å².